The van der Waals surface area contributed by atoms with Gasteiger partial charge in [-0.25, -0.2) is 15.3 Å². The average molecular weight is 348 g/mol. The van der Waals surface area contributed by atoms with Crippen molar-refractivity contribution in [2.45, 2.75) is 25.6 Å². The fraction of sp³-hybridized carbons (Fsp3) is 0.375. The van der Waals surface area contributed by atoms with Gasteiger partial charge in [0.25, 0.3) is 5.91 Å². The molecule has 1 aromatic heterocycles. The Kier molecular flexibility index (Phi) is 4.33. The summed E-state index contributed by atoms with van der Waals surface area (Å²) in [6.45, 7) is 0.889. The maximum atomic E-state index is 12.2. The number of benzene rings is 1. The van der Waals surface area contributed by atoms with Gasteiger partial charge in [0.05, 0.1) is 6.20 Å². The highest BCUT2D eigenvalue weighted by atomic mass is 32.1. The number of amides is 1. The first-order valence-electron chi connectivity index (χ1n) is 7.73. The third kappa shape index (κ3) is 3.21. The smallest absolute Gasteiger partial charge is 0.286 e. The molecule has 8 heteroatoms. The molecule has 1 fully saturated rings. The van der Waals surface area contributed by atoms with Crippen molar-refractivity contribution in [3.05, 3.63) is 29.3 Å². The molecule has 126 valence electrons. The number of hydrogen-bond donors (Lipinski definition) is 1. The number of fused-ring (bicyclic) bond motifs is 1. The van der Waals surface area contributed by atoms with Crippen LogP contribution < -0.4 is 15.0 Å². The van der Waals surface area contributed by atoms with Gasteiger partial charge in [0.1, 0.15) is 9.88 Å². The molecule has 24 heavy (non-hydrogen) atoms. The Bertz CT molecular complexity index is 742. The number of nitrogens with zero attached hydrogens (tertiary/aromatic N) is 1. The van der Waals surface area contributed by atoms with E-state index >= 15 is 0 Å². The predicted octanol–water partition coefficient (Wildman–Crippen LogP) is 2.73. The van der Waals surface area contributed by atoms with Gasteiger partial charge in [0.2, 0.25) is 6.79 Å². The van der Waals surface area contributed by atoms with Crippen LogP contribution in [0.25, 0.3) is 10.6 Å². The second-order valence-electron chi connectivity index (χ2n) is 5.44. The van der Waals surface area contributed by atoms with Gasteiger partial charge in [-0.1, -0.05) is 0 Å². The van der Waals surface area contributed by atoms with Gasteiger partial charge in [-0.3, -0.25) is 4.79 Å². The van der Waals surface area contributed by atoms with Crippen molar-refractivity contribution in [2.75, 3.05) is 13.4 Å². The van der Waals surface area contributed by atoms with E-state index in [2.05, 4.69) is 10.5 Å². The summed E-state index contributed by atoms with van der Waals surface area (Å²) in [4.78, 5) is 22.2. The second-order valence-corrected chi connectivity index (χ2v) is 6.47. The molecule has 1 atom stereocenters. The molecule has 2 aliphatic rings. The highest BCUT2D eigenvalue weighted by Crippen LogP contribution is 2.36. The highest BCUT2D eigenvalue weighted by Gasteiger charge is 2.19. The Morgan fingerprint density at radius 2 is 2.21 bits per heavy atom. The Morgan fingerprint density at radius 1 is 1.29 bits per heavy atom. The first-order valence-corrected chi connectivity index (χ1v) is 8.55. The molecule has 1 N–H and O–H groups in total. The molecule has 4 rings (SSSR count). The zero-order chi connectivity index (χ0) is 16.4. The van der Waals surface area contributed by atoms with Gasteiger partial charge in [-0.15, -0.1) is 11.3 Å². The number of hydroxylamine groups is 1. The number of ether oxygens (including phenoxy) is 3. The lowest BCUT2D eigenvalue weighted by atomic mass is 10.2. The van der Waals surface area contributed by atoms with E-state index < -0.39 is 0 Å². The number of hydrogen-bond acceptors (Lipinski definition) is 7. The standard InChI is InChI=1S/C16H16N2O5S/c19-15(18-23-14-3-1-2-6-20-14)13-8-17-16(24-13)10-4-5-11-12(7-10)22-9-21-11/h4-5,7-8,14H,1-3,6,9H2,(H,18,19)/t14-/m1/s1. The molecule has 0 spiro atoms. The summed E-state index contributed by atoms with van der Waals surface area (Å²) in [6.07, 6.45) is 4.01. The summed E-state index contributed by atoms with van der Waals surface area (Å²) in [5, 5.41) is 0.729. The molecular weight excluding hydrogens is 332 g/mol. The average Bonchev–Trinajstić information content (AvgIpc) is 3.29. The van der Waals surface area contributed by atoms with Gasteiger partial charge >= 0.3 is 0 Å². The largest absolute Gasteiger partial charge is 0.454 e. The van der Waals surface area contributed by atoms with Crippen molar-refractivity contribution in [1.29, 1.82) is 0 Å². The molecule has 1 saturated heterocycles. The summed E-state index contributed by atoms with van der Waals surface area (Å²) in [5.41, 5.74) is 3.31. The monoisotopic (exact) mass is 348 g/mol. The Balaban J connectivity index is 1.41. The van der Waals surface area contributed by atoms with E-state index in [1.54, 1.807) is 0 Å². The van der Waals surface area contributed by atoms with E-state index in [0.29, 0.717) is 23.0 Å². The molecule has 1 amide bonds. The third-order valence-electron chi connectivity index (χ3n) is 3.77. The van der Waals surface area contributed by atoms with Gasteiger partial charge in [0, 0.05) is 18.6 Å². The minimum atomic E-state index is -0.371. The topological polar surface area (TPSA) is 78.9 Å². The van der Waals surface area contributed by atoms with Gasteiger partial charge < -0.3 is 14.2 Å². The van der Waals surface area contributed by atoms with Crippen LogP contribution in [0.3, 0.4) is 0 Å². The van der Waals surface area contributed by atoms with E-state index in [0.717, 1.165) is 29.8 Å². The number of carbonyl (C=O) groups is 1. The van der Waals surface area contributed by atoms with E-state index in [4.69, 9.17) is 19.0 Å². The first-order chi connectivity index (χ1) is 11.8. The van der Waals surface area contributed by atoms with Crippen LogP contribution in [0.4, 0.5) is 0 Å². The summed E-state index contributed by atoms with van der Waals surface area (Å²) >= 11 is 1.29. The van der Waals surface area contributed by atoms with Crippen LogP contribution in [0, 0.1) is 0 Å². The molecule has 2 aromatic rings. The molecular formula is C16H16N2O5S. The summed E-state index contributed by atoms with van der Waals surface area (Å²) in [7, 11) is 0. The normalized spacial score (nSPS) is 19.2. The van der Waals surface area contributed by atoms with Crippen LogP contribution in [-0.4, -0.2) is 30.6 Å². The number of carbonyl (C=O) groups excluding carboxylic acids is 1. The number of thiazole rings is 1. The summed E-state index contributed by atoms with van der Waals surface area (Å²) in [5.74, 6) is 1.08. The molecule has 1 aromatic carbocycles. The van der Waals surface area contributed by atoms with Crippen molar-refractivity contribution in [3.8, 4) is 22.1 Å². The molecule has 0 radical (unpaired) electrons. The van der Waals surface area contributed by atoms with Gasteiger partial charge in [-0.05, 0) is 31.0 Å². The van der Waals surface area contributed by atoms with Crippen LogP contribution >= 0.6 is 11.3 Å². The number of aromatic nitrogens is 1. The van der Waals surface area contributed by atoms with Crippen molar-refractivity contribution >= 4 is 17.2 Å². The van der Waals surface area contributed by atoms with Crippen LogP contribution in [0.15, 0.2) is 24.4 Å². The number of nitrogens with one attached hydrogen (secondary N) is 1. The second kappa shape index (κ2) is 6.76. The Morgan fingerprint density at radius 3 is 3.08 bits per heavy atom. The van der Waals surface area contributed by atoms with Crippen LogP contribution in [0.2, 0.25) is 0 Å². The quantitative estimate of drug-likeness (QED) is 0.856. The van der Waals surface area contributed by atoms with Crippen molar-refractivity contribution in [2.24, 2.45) is 0 Å². The SMILES string of the molecule is O=C(NO[C@@H]1CCCCO1)c1cnc(-c2ccc3c(c2)OCO3)s1. The van der Waals surface area contributed by atoms with Crippen LogP contribution in [0.1, 0.15) is 28.9 Å². The molecule has 0 unspecified atom stereocenters. The molecule has 2 aliphatic heterocycles. The maximum Gasteiger partial charge on any atom is 0.286 e. The van der Waals surface area contributed by atoms with E-state index in [1.807, 2.05) is 18.2 Å². The van der Waals surface area contributed by atoms with Crippen LogP contribution in [-0.2, 0) is 9.57 Å². The highest BCUT2D eigenvalue weighted by molar-refractivity contribution is 7.16. The molecule has 3 heterocycles. The lowest BCUT2D eigenvalue weighted by Gasteiger charge is -2.21. The van der Waals surface area contributed by atoms with Gasteiger partial charge in [-0.2, -0.15) is 0 Å². The molecule has 0 aliphatic carbocycles. The van der Waals surface area contributed by atoms with E-state index in [1.165, 1.54) is 17.5 Å². The summed E-state index contributed by atoms with van der Waals surface area (Å²) in [6, 6.07) is 5.58. The fourth-order valence-corrected chi connectivity index (χ4v) is 3.31. The molecule has 7 nitrogen and oxygen atoms in total. The molecule has 0 saturated carbocycles. The first kappa shape index (κ1) is 15.4. The Hall–Kier alpha value is -2.16. The van der Waals surface area contributed by atoms with Crippen molar-refractivity contribution in [3.63, 3.8) is 0 Å². The maximum absolute atomic E-state index is 12.2. The summed E-state index contributed by atoms with van der Waals surface area (Å²) < 4.78 is 16.1. The van der Waals surface area contributed by atoms with Crippen LogP contribution in [0.5, 0.6) is 11.5 Å². The zero-order valence-electron chi connectivity index (χ0n) is 12.8. The minimum Gasteiger partial charge on any atom is -0.454 e. The Labute approximate surface area is 142 Å². The van der Waals surface area contributed by atoms with E-state index in [9.17, 15) is 4.79 Å². The van der Waals surface area contributed by atoms with Crippen molar-refractivity contribution < 1.29 is 23.8 Å². The minimum absolute atomic E-state index is 0.227. The molecule has 0 bridgehead atoms. The fourth-order valence-electron chi connectivity index (χ4n) is 2.52. The van der Waals surface area contributed by atoms with E-state index in [-0.39, 0.29) is 19.0 Å². The van der Waals surface area contributed by atoms with Gasteiger partial charge in [0.15, 0.2) is 17.8 Å². The predicted molar refractivity (Wildman–Crippen MR) is 85.8 cm³/mol. The lowest BCUT2D eigenvalue weighted by Crippen LogP contribution is -2.32. The zero-order valence-corrected chi connectivity index (χ0v) is 13.6. The van der Waals surface area contributed by atoms with Crippen molar-refractivity contribution in [1.82, 2.24) is 10.5 Å². The third-order valence-corrected chi connectivity index (χ3v) is 4.82. The number of rotatable bonds is 4. The lowest BCUT2D eigenvalue weighted by molar-refractivity contribution is -0.186.